The van der Waals surface area contributed by atoms with E-state index in [2.05, 4.69) is 19.2 Å². The van der Waals surface area contributed by atoms with Gasteiger partial charge in [-0.25, -0.2) is 0 Å². The Hall–Kier alpha value is -0.0800. The summed E-state index contributed by atoms with van der Waals surface area (Å²) in [6, 6.07) is 0.837. The summed E-state index contributed by atoms with van der Waals surface area (Å²) in [5.74, 6) is 0. The molecule has 2 nitrogen and oxygen atoms in total. The summed E-state index contributed by atoms with van der Waals surface area (Å²) in [4.78, 5) is 0. The van der Waals surface area contributed by atoms with Crippen molar-refractivity contribution in [3.63, 3.8) is 0 Å². The normalized spacial score (nSPS) is 20.2. The minimum Gasteiger partial charge on any atom is -0.385 e. The van der Waals surface area contributed by atoms with Gasteiger partial charge < -0.3 is 10.1 Å². The quantitative estimate of drug-likeness (QED) is 0.595. The van der Waals surface area contributed by atoms with Gasteiger partial charge in [-0.1, -0.05) is 20.3 Å². The molecule has 1 aliphatic carbocycles. The maximum absolute atomic E-state index is 5.13. The van der Waals surface area contributed by atoms with Gasteiger partial charge in [-0.2, -0.15) is 0 Å². The summed E-state index contributed by atoms with van der Waals surface area (Å²) in [6.07, 6.45) is 7.88. The van der Waals surface area contributed by atoms with Gasteiger partial charge in [0, 0.05) is 26.3 Å². The fourth-order valence-electron chi connectivity index (χ4n) is 2.23. The van der Waals surface area contributed by atoms with Crippen molar-refractivity contribution in [1.82, 2.24) is 5.32 Å². The average molecular weight is 213 g/mol. The number of hydrogen-bond donors (Lipinski definition) is 1. The van der Waals surface area contributed by atoms with Crippen LogP contribution in [0.3, 0.4) is 0 Å². The van der Waals surface area contributed by atoms with Gasteiger partial charge in [0.05, 0.1) is 0 Å². The fraction of sp³-hybridized carbons (Fsp3) is 1.00. The Bertz CT molecular complexity index is 168. The minimum atomic E-state index is 0.482. The van der Waals surface area contributed by atoms with E-state index in [-0.39, 0.29) is 0 Å². The maximum Gasteiger partial charge on any atom is 0.0462 e. The number of nitrogens with one attached hydrogen (secondary N) is 1. The zero-order chi connectivity index (χ0) is 11.1. The van der Waals surface area contributed by atoms with E-state index in [4.69, 9.17) is 4.74 Å². The number of methoxy groups -OCH3 is 1. The Morgan fingerprint density at radius 2 is 2.07 bits per heavy atom. The van der Waals surface area contributed by atoms with Gasteiger partial charge in [-0.15, -0.1) is 0 Å². The molecule has 0 amide bonds. The summed E-state index contributed by atoms with van der Waals surface area (Å²) >= 11 is 0. The first kappa shape index (κ1) is 13.0. The Morgan fingerprint density at radius 1 is 1.33 bits per heavy atom. The third kappa shape index (κ3) is 5.53. The molecule has 0 aromatic heterocycles. The smallest absolute Gasteiger partial charge is 0.0462 e. The van der Waals surface area contributed by atoms with Gasteiger partial charge in [0.2, 0.25) is 0 Å². The van der Waals surface area contributed by atoms with Gasteiger partial charge in [0.25, 0.3) is 0 Å². The second-order valence-electron chi connectivity index (χ2n) is 5.31. The molecule has 1 N–H and O–H groups in total. The summed E-state index contributed by atoms with van der Waals surface area (Å²) in [5, 5.41) is 3.67. The van der Waals surface area contributed by atoms with Crippen LogP contribution in [0.2, 0.25) is 0 Å². The Morgan fingerprint density at radius 3 is 2.60 bits per heavy atom. The van der Waals surface area contributed by atoms with E-state index in [9.17, 15) is 0 Å². The van der Waals surface area contributed by atoms with Crippen LogP contribution in [0.5, 0.6) is 0 Å². The summed E-state index contributed by atoms with van der Waals surface area (Å²) in [7, 11) is 1.79. The van der Waals surface area contributed by atoms with Crippen LogP contribution in [0.25, 0.3) is 0 Å². The van der Waals surface area contributed by atoms with Crippen molar-refractivity contribution in [1.29, 1.82) is 0 Å². The van der Waals surface area contributed by atoms with Crippen molar-refractivity contribution in [3.05, 3.63) is 0 Å². The van der Waals surface area contributed by atoms with Crippen LogP contribution in [0.4, 0.5) is 0 Å². The minimum absolute atomic E-state index is 0.482. The molecule has 2 heteroatoms. The topological polar surface area (TPSA) is 21.3 Å². The largest absolute Gasteiger partial charge is 0.385 e. The van der Waals surface area contributed by atoms with E-state index in [0.717, 1.165) is 12.6 Å². The molecule has 0 spiro atoms. The molecule has 1 atom stereocenters. The molecule has 0 aromatic carbocycles. The highest BCUT2D eigenvalue weighted by Crippen LogP contribution is 2.30. The Balaban J connectivity index is 2.22. The Labute approximate surface area is 94.8 Å². The van der Waals surface area contributed by atoms with Crippen LogP contribution < -0.4 is 5.32 Å². The molecule has 0 aromatic rings. The molecule has 0 saturated heterocycles. The van der Waals surface area contributed by atoms with Gasteiger partial charge in [0.15, 0.2) is 0 Å². The summed E-state index contributed by atoms with van der Waals surface area (Å²) in [5.41, 5.74) is 0.482. The second-order valence-corrected chi connectivity index (χ2v) is 5.31. The van der Waals surface area contributed by atoms with Crippen LogP contribution in [-0.2, 0) is 4.74 Å². The summed E-state index contributed by atoms with van der Waals surface area (Å²) < 4.78 is 5.13. The Kier molecular flexibility index (Phi) is 5.62. The lowest BCUT2D eigenvalue weighted by atomic mass is 9.81. The van der Waals surface area contributed by atoms with E-state index in [1.165, 1.54) is 45.1 Å². The molecule has 1 rings (SSSR count). The van der Waals surface area contributed by atoms with Crippen molar-refractivity contribution in [3.8, 4) is 0 Å². The predicted octanol–water partition coefficient (Wildman–Crippen LogP) is 2.97. The van der Waals surface area contributed by atoms with Crippen molar-refractivity contribution in [2.45, 2.75) is 58.4 Å². The SMILES string of the molecule is CCCC(C)(CCCOC)CNC1CC1. The lowest BCUT2D eigenvalue weighted by Crippen LogP contribution is -2.33. The lowest BCUT2D eigenvalue weighted by molar-refractivity contribution is 0.164. The monoisotopic (exact) mass is 213 g/mol. The molecule has 0 aliphatic heterocycles. The van der Waals surface area contributed by atoms with Gasteiger partial charge in [-0.3, -0.25) is 0 Å². The molecule has 1 unspecified atom stereocenters. The molecule has 1 saturated carbocycles. The van der Waals surface area contributed by atoms with Crippen molar-refractivity contribution in [2.24, 2.45) is 5.41 Å². The van der Waals surface area contributed by atoms with E-state index in [1.807, 2.05) is 0 Å². The van der Waals surface area contributed by atoms with Gasteiger partial charge in [0.1, 0.15) is 0 Å². The van der Waals surface area contributed by atoms with E-state index >= 15 is 0 Å². The third-order valence-corrected chi connectivity index (χ3v) is 3.38. The summed E-state index contributed by atoms with van der Waals surface area (Å²) in [6.45, 7) is 6.80. The van der Waals surface area contributed by atoms with Crippen molar-refractivity contribution >= 4 is 0 Å². The molecule has 1 fully saturated rings. The first-order chi connectivity index (χ1) is 7.20. The highest BCUT2D eigenvalue weighted by Gasteiger charge is 2.27. The van der Waals surface area contributed by atoms with Crippen molar-refractivity contribution in [2.75, 3.05) is 20.3 Å². The molecule has 1 aliphatic rings. The number of ether oxygens (including phenoxy) is 1. The number of hydrogen-bond acceptors (Lipinski definition) is 2. The standard InChI is InChI=1S/C13H27NO/c1-4-8-13(2,9-5-10-15-3)11-14-12-6-7-12/h12,14H,4-11H2,1-3H3. The third-order valence-electron chi connectivity index (χ3n) is 3.38. The first-order valence-corrected chi connectivity index (χ1v) is 6.42. The van der Waals surface area contributed by atoms with Crippen LogP contribution >= 0.6 is 0 Å². The highest BCUT2D eigenvalue weighted by molar-refractivity contribution is 4.85. The van der Waals surface area contributed by atoms with E-state index in [1.54, 1.807) is 7.11 Å². The average Bonchev–Trinajstić information content (AvgIpc) is 2.99. The van der Waals surface area contributed by atoms with Crippen LogP contribution in [0.1, 0.15) is 52.4 Å². The van der Waals surface area contributed by atoms with Crippen LogP contribution in [-0.4, -0.2) is 26.3 Å². The van der Waals surface area contributed by atoms with Crippen LogP contribution in [0.15, 0.2) is 0 Å². The van der Waals surface area contributed by atoms with E-state index in [0.29, 0.717) is 5.41 Å². The first-order valence-electron chi connectivity index (χ1n) is 6.42. The molecule has 0 radical (unpaired) electrons. The molecule has 90 valence electrons. The van der Waals surface area contributed by atoms with Gasteiger partial charge in [-0.05, 0) is 37.5 Å². The maximum atomic E-state index is 5.13. The molecule has 0 heterocycles. The van der Waals surface area contributed by atoms with Crippen molar-refractivity contribution < 1.29 is 4.74 Å². The lowest BCUT2D eigenvalue weighted by Gasteiger charge is -2.30. The molecule has 0 bridgehead atoms. The molecule has 15 heavy (non-hydrogen) atoms. The van der Waals surface area contributed by atoms with Crippen LogP contribution in [0, 0.1) is 5.41 Å². The zero-order valence-electron chi connectivity index (χ0n) is 10.6. The van der Waals surface area contributed by atoms with Gasteiger partial charge >= 0.3 is 0 Å². The molecular weight excluding hydrogens is 186 g/mol. The predicted molar refractivity (Wildman–Crippen MR) is 65.1 cm³/mol. The fourth-order valence-corrected chi connectivity index (χ4v) is 2.23. The zero-order valence-corrected chi connectivity index (χ0v) is 10.6. The van der Waals surface area contributed by atoms with E-state index < -0.39 is 0 Å². The second kappa shape index (κ2) is 6.49. The molecular formula is C13H27NO. The number of rotatable bonds is 9. The highest BCUT2D eigenvalue weighted by atomic mass is 16.5.